The summed E-state index contributed by atoms with van der Waals surface area (Å²) in [5, 5.41) is 2.73. The summed E-state index contributed by atoms with van der Waals surface area (Å²) in [4.78, 5) is 30.4. The van der Waals surface area contributed by atoms with Gasteiger partial charge in [0, 0.05) is 37.2 Å². The maximum Gasteiger partial charge on any atom is 0.324 e. The van der Waals surface area contributed by atoms with Crippen LogP contribution in [0.1, 0.15) is 76.5 Å². The van der Waals surface area contributed by atoms with Gasteiger partial charge in [-0.15, -0.1) is 0 Å². The molecular weight excluding hydrogens is 573 g/mol. The summed E-state index contributed by atoms with van der Waals surface area (Å²) in [5.41, 5.74) is 0.664. The number of benzene rings is 1. The average molecular weight is 611 g/mol. The molecule has 13 heteroatoms. The fourth-order valence-corrected chi connectivity index (χ4v) is 7.43. The highest BCUT2D eigenvalue weighted by Crippen LogP contribution is 2.38. The Labute approximate surface area is 244 Å². The van der Waals surface area contributed by atoms with Crippen LogP contribution in [0.5, 0.6) is 0 Å². The maximum atomic E-state index is 14.5. The molecular formula is C29H37F3N4O5S. The molecule has 2 atom stereocenters. The lowest BCUT2D eigenvalue weighted by Crippen LogP contribution is -2.54. The number of rotatable bonds is 8. The normalized spacial score (nSPS) is 20.6. The van der Waals surface area contributed by atoms with Crippen LogP contribution in [-0.2, 0) is 30.0 Å². The number of methoxy groups -OCH3 is 1. The molecule has 1 N–H and O–H groups in total. The van der Waals surface area contributed by atoms with E-state index in [1.165, 1.54) is 6.20 Å². The summed E-state index contributed by atoms with van der Waals surface area (Å²) in [6, 6.07) is 4.17. The molecule has 1 amide bonds. The number of amides is 1. The number of alkyl halides is 2. The van der Waals surface area contributed by atoms with E-state index in [9.17, 15) is 31.2 Å². The van der Waals surface area contributed by atoms with Crippen molar-refractivity contribution in [3.05, 3.63) is 59.7 Å². The molecule has 42 heavy (non-hydrogen) atoms. The van der Waals surface area contributed by atoms with E-state index in [1.54, 1.807) is 24.3 Å². The third-order valence-corrected chi connectivity index (χ3v) is 9.75. The average Bonchev–Trinajstić information content (AvgIpc) is 3.43. The van der Waals surface area contributed by atoms with Gasteiger partial charge in [0.2, 0.25) is 11.8 Å². The minimum Gasteiger partial charge on any atom is -0.468 e. The minimum atomic E-state index is -4.64. The predicted octanol–water partition coefficient (Wildman–Crippen LogP) is 4.64. The van der Waals surface area contributed by atoms with Gasteiger partial charge in [0.15, 0.2) is 6.04 Å². The molecule has 2 fully saturated rings. The van der Waals surface area contributed by atoms with Gasteiger partial charge in [-0.05, 0) is 54.9 Å². The van der Waals surface area contributed by atoms with Crippen LogP contribution >= 0.6 is 0 Å². The van der Waals surface area contributed by atoms with Gasteiger partial charge in [0.25, 0.3) is 0 Å². The van der Waals surface area contributed by atoms with Gasteiger partial charge >= 0.3 is 16.2 Å². The summed E-state index contributed by atoms with van der Waals surface area (Å²) >= 11 is 0. The van der Waals surface area contributed by atoms with E-state index in [4.69, 9.17) is 4.74 Å². The summed E-state index contributed by atoms with van der Waals surface area (Å²) in [7, 11) is -3.47. The Bertz CT molecular complexity index is 1390. The second kappa shape index (κ2) is 12.2. The largest absolute Gasteiger partial charge is 0.468 e. The van der Waals surface area contributed by atoms with E-state index in [-0.39, 0.29) is 42.5 Å². The van der Waals surface area contributed by atoms with Crippen molar-refractivity contribution >= 4 is 27.8 Å². The molecule has 1 saturated heterocycles. The number of carbonyl (C=O) groups is 2. The van der Waals surface area contributed by atoms with Gasteiger partial charge in [0.1, 0.15) is 11.9 Å². The number of hydrogen-bond donors (Lipinski definition) is 1. The fourth-order valence-electron chi connectivity index (χ4n) is 5.46. The summed E-state index contributed by atoms with van der Waals surface area (Å²) in [5.74, 6) is -5.20. The highest BCUT2D eigenvalue weighted by molar-refractivity contribution is 7.90. The molecule has 4 rings (SSSR count). The molecule has 9 nitrogen and oxygen atoms in total. The Morgan fingerprint density at radius 3 is 2.33 bits per heavy atom. The first kappa shape index (κ1) is 31.7. The quantitative estimate of drug-likeness (QED) is 0.437. The number of carbonyl (C=O) groups excluding carboxylic acids is 2. The Hall–Kier alpha value is -3.19. The number of hydrogen-bond acceptors (Lipinski definition) is 6. The van der Waals surface area contributed by atoms with Crippen LogP contribution in [0, 0.1) is 5.82 Å². The molecule has 1 unspecified atom stereocenters. The number of aromatic nitrogens is 1. The van der Waals surface area contributed by atoms with E-state index in [0.29, 0.717) is 6.42 Å². The first-order valence-electron chi connectivity index (χ1n) is 13.9. The van der Waals surface area contributed by atoms with Crippen LogP contribution < -0.4 is 9.62 Å². The van der Waals surface area contributed by atoms with E-state index < -0.39 is 64.8 Å². The van der Waals surface area contributed by atoms with Crippen LogP contribution in [0.2, 0.25) is 0 Å². The monoisotopic (exact) mass is 610 g/mol. The second-order valence-corrected chi connectivity index (χ2v) is 13.6. The number of esters is 1. The second-order valence-electron chi connectivity index (χ2n) is 11.9. The van der Waals surface area contributed by atoms with Crippen molar-refractivity contribution in [3.63, 3.8) is 0 Å². The Kier molecular flexibility index (Phi) is 9.22. The minimum absolute atomic E-state index is 0.00354. The molecule has 2 aliphatic rings. The molecule has 1 aromatic carbocycles. The van der Waals surface area contributed by atoms with Gasteiger partial charge in [-0.3, -0.25) is 14.6 Å². The van der Waals surface area contributed by atoms with Gasteiger partial charge < -0.3 is 10.1 Å². The number of nitrogens with one attached hydrogen (secondary N) is 1. The molecule has 1 saturated carbocycles. The van der Waals surface area contributed by atoms with E-state index in [1.807, 2.05) is 20.8 Å². The molecule has 2 heterocycles. The molecule has 1 aromatic heterocycles. The molecule has 0 bridgehead atoms. The number of halogens is 3. The lowest BCUT2D eigenvalue weighted by molar-refractivity contribution is -0.144. The highest BCUT2D eigenvalue weighted by atomic mass is 32.2. The van der Waals surface area contributed by atoms with E-state index in [0.717, 1.165) is 33.5 Å². The number of anilines is 1. The van der Waals surface area contributed by atoms with Crippen molar-refractivity contribution < 1.29 is 35.9 Å². The van der Waals surface area contributed by atoms with Crippen LogP contribution in [0.4, 0.5) is 18.9 Å². The lowest BCUT2D eigenvalue weighted by atomic mass is 9.87. The zero-order valence-electron chi connectivity index (χ0n) is 24.1. The van der Waals surface area contributed by atoms with Crippen LogP contribution in [0.3, 0.4) is 0 Å². The van der Waals surface area contributed by atoms with Crippen LogP contribution in [-0.4, -0.2) is 61.2 Å². The van der Waals surface area contributed by atoms with E-state index >= 15 is 0 Å². The van der Waals surface area contributed by atoms with Crippen molar-refractivity contribution in [3.8, 4) is 0 Å². The fraction of sp³-hybridized carbons (Fsp3) is 0.552. The van der Waals surface area contributed by atoms with Crippen molar-refractivity contribution in [2.45, 2.75) is 88.8 Å². The lowest BCUT2D eigenvalue weighted by Gasteiger charge is -2.37. The summed E-state index contributed by atoms with van der Waals surface area (Å²) in [6.07, 6.45) is 1.86. The Morgan fingerprint density at radius 1 is 1.12 bits per heavy atom. The highest BCUT2D eigenvalue weighted by Gasteiger charge is 2.47. The van der Waals surface area contributed by atoms with E-state index in [2.05, 4.69) is 10.3 Å². The molecule has 2 aromatic rings. The molecule has 0 radical (unpaired) electrons. The van der Waals surface area contributed by atoms with Gasteiger partial charge in [-0.25, -0.2) is 17.5 Å². The third kappa shape index (κ3) is 6.88. The standard InChI is InChI=1S/C29H37F3N4O5S/c1-28(2,3)20-7-9-23(10-8-20)36(42(39,40)35-15-5-6-24(35)27(38)41-4)25(19-16-21(30)18-33-17-19)26(37)34-22-11-13-29(31,32)14-12-22/h7-10,16-18,22,24-25H,5-6,11-15H2,1-4H3,(H,34,37)/t24-,25?/m1/s1. The van der Waals surface area contributed by atoms with Gasteiger partial charge in [-0.2, -0.15) is 12.7 Å². The zero-order valence-corrected chi connectivity index (χ0v) is 25.0. The first-order chi connectivity index (χ1) is 19.6. The number of pyridine rings is 1. The summed E-state index contributed by atoms with van der Waals surface area (Å²) in [6.45, 7) is 5.96. The maximum absolute atomic E-state index is 14.5. The smallest absolute Gasteiger partial charge is 0.324 e. The van der Waals surface area contributed by atoms with Gasteiger partial charge in [-0.1, -0.05) is 32.9 Å². The molecule has 230 valence electrons. The van der Waals surface area contributed by atoms with Crippen molar-refractivity contribution in [2.75, 3.05) is 18.0 Å². The topological polar surface area (TPSA) is 109 Å². The first-order valence-corrected chi connectivity index (χ1v) is 15.3. The van der Waals surface area contributed by atoms with Crippen LogP contribution in [0.25, 0.3) is 0 Å². The number of nitrogens with zero attached hydrogens (tertiary/aromatic N) is 3. The third-order valence-electron chi connectivity index (χ3n) is 7.80. The Balaban J connectivity index is 1.85. The zero-order chi connectivity index (χ0) is 30.9. The molecule has 0 spiro atoms. The molecule has 1 aliphatic heterocycles. The SMILES string of the molecule is COC(=O)[C@H]1CCCN1S(=O)(=O)N(c1ccc(C(C)(C)C)cc1)C(C(=O)NC1CCC(F)(F)CC1)c1cncc(F)c1. The number of ether oxygens (including phenoxy) is 1. The van der Waals surface area contributed by atoms with Crippen molar-refractivity contribution in [1.29, 1.82) is 0 Å². The van der Waals surface area contributed by atoms with Crippen molar-refractivity contribution in [1.82, 2.24) is 14.6 Å². The Morgan fingerprint density at radius 2 is 1.76 bits per heavy atom. The molecule has 1 aliphatic carbocycles. The summed E-state index contributed by atoms with van der Waals surface area (Å²) < 4.78 is 77.8. The van der Waals surface area contributed by atoms with Crippen molar-refractivity contribution in [2.24, 2.45) is 0 Å². The predicted molar refractivity (Wildman–Crippen MR) is 151 cm³/mol. The van der Waals surface area contributed by atoms with Crippen LogP contribution in [0.15, 0.2) is 42.7 Å². The van der Waals surface area contributed by atoms with Gasteiger partial charge in [0.05, 0.1) is 19.0 Å².